The molecule has 0 aliphatic carbocycles. The van der Waals surface area contributed by atoms with Gasteiger partial charge in [0.25, 0.3) is 10.0 Å². The SMILES string of the molecule is CCN(Cc1ccc(N)cc1)C(=O)CN(c1ccc(OC)nc1)S(=O)(=O)c1ccccc1C. The molecular formula is C24H28N4O4S. The van der Waals surface area contributed by atoms with Gasteiger partial charge in [0.2, 0.25) is 11.8 Å². The first-order valence-corrected chi connectivity index (χ1v) is 11.9. The summed E-state index contributed by atoms with van der Waals surface area (Å²) in [5, 5.41) is 0. The Bertz CT molecular complexity index is 1200. The zero-order valence-corrected chi connectivity index (χ0v) is 19.7. The van der Waals surface area contributed by atoms with Crippen LogP contribution in [0.15, 0.2) is 71.8 Å². The lowest BCUT2D eigenvalue weighted by Crippen LogP contribution is -2.43. The summed E-state index contributed by atoms with van der Waals surface area (Å²) < 4.78 is 33.4. The van der Waals surface area contributed by atoms with Crippen LogP contribution in [-0.4, -0.2) is 44.4 Å². The van der Waals surface area contributed by atoms with E-state index in [4.69, 9.17) is 10.5 Å². The summed E-state index contributed by atoms with van der Waals surface area (Å²) >= 11 is 0. The molecule has 0 atom stereocenters. The van der Waals surface area contributed by atoms with Crippen LogP contribution in [0.25, 0.3) is 0 Å². The van der Waals surface area contributed by atoms with E-state index in [0.717, 1.165) is 9.87 Å². The maximum Gasteiger partial charge on any atom is 0.265 e. The van der Waals surface area contributed by atoms with Gasteiger partial charge in [-0.05, 0) is 49.2 Å². The van der Waals surface area contributed by atoms with Gasteiger partial charge in [-0.15, -0.1) is 0 Å². The van der Waals surface area contributed by atoms with Gasteiger partial charge in [-0.2, -0.15) is 0 Å². The van der Waals surface area contributed by atoms with Crippen molar-refractivity contribution in [2.45, 2.75) is 25.3 Å². The molecule has 8 nitrogen and oxygen atoms in total. The van der Waals surface area contributed by atoms with Crippen LogP contribution in [0.5, 0.6) is 5.88 Å². The van der Waals surface area contributed by atoms with E-state index in [9.17, 15) is 13.2 Å². The summed E-state index contributed by atoms with van der Waals surface area (Å²) in [6, 6.07) is 17.1. The van der Waals surface area contributed by atoms with Crippen molar-refractivity contribution in [3.05, 3.63) is 78.0 Å². The number of rotatable bonds is 9. The van der Waals surface area contributed by atoms with Crippen LogP contribution >= 0.6 is 0 Å². The van der Waals surface area contributed by atoms with Gasteiger partial charge in [-0.1, -0.05) is 30.3 Å². The van der Waals surface area contributed by atoms with E-state index in [-0.39, 0.29) is 23.0 Å². The molecule has 1 amide bonds. The largest absolute Gasteiger partial charge is 0.481 e. The second-order valence-electron chi connectivity index (χ2n) is 7.49. The molecule has 2 N–H and O–H groups in total. The van der Waals surface area contributed by atoms with E-state index in [2.05, 4.69) is 4.98 Å². The highest BCUT2D eigenvalue weighted by atomic mass is 32.2. The number of carbonyl (C=O) groups excluding carboxylic acids is 1. The smallest absolute Gasteiger partial charge is 0.265 e. The second-order valence-corrected chi connectivity index (χ2v) is 9.32. The van der Waals surface area contributed by atoms with Crippen molar-refractivity contribution in [3.63, 3.8) is 0 Å². The first-order chi connectivity index (χ1) is 15.8. The number of nitrogens with two attached hydrogens (primary N) is 1. The number of pyridine rings is 1. The average molecular weight is 469 g/mol. The molecule has 0 fully saturated rings. The van der Waals surface area contributed by atoms with E-state index in [1.807, 2.05) is 19.1 Å². The lowest BCUT2D eigenvalue weighted by Gasteiger charge is -2.28. The number of likely N-dealkylation sites (N-methyl/N-ethyl adjacent to an activating group) is 1. The van der Waals surface area contributed by atoms with Crippen LogP contribution in [0.2, 0.25) is 0 Å². The number of aryl methyl sites for hydroxylation is 1. The van der Waals surface area contributed by atoms with E-state index in [1.165, 1.54) is 19.4 Å². The van der Waals surface area contributed by atoms with Gasteiger partial charge >= 0.3 is 0 Å². The molecule has 1 heterocycles. The van der Waals surface area contributed by atoms with Crippen LogP contribution in [0, 0.1) is 6.92 Å². The Morgan fingerprint density at radius 3 is 2.33 bits per heavy atom. The van der Waals surface area contributed by atoms with Crippen LogP contribution in [0.1, 0.15) is 18.1 Å². The molecule has 0 unspecified atom stereocenters. The number of aromatic nitrogens is 1. The van der Waals surface area contributed by atoms with E-state index >= 15 is 0 Å². The lowest BCUT2D eigenvalue weighted by atomic mass is 10.2. The number of ether oxygens (including phenoxy) is 1. The number of anilines is 2. The van der Waals surface area contributed by atoms with Crippen molar-refractivity contribution in [2.24, 2.45) is 0 Å². The molecule has 0 bridgehead atoms. The third-order valence-electron chi connectivity index (χ3n) is 5.25. The first-order valence-electron chi connectivity index (χ1n) is 10.5. The number of amides is 1. The number of methoxy groups -OCH3 is 1. The zero-order valence-electron chi connectivity index (χ0n) is 18.9. The second kappa shape index (κ2) is 10.4. The van der Waals surface area contributed by atoms with Crippen LogP contribution < -0.4 is 14.8 Å². The zero-order chi connectivity index (χ0) is 24.0. The molecule has 0 aliphatic heterocycles. The van der Waals surface area contributed by atoms with Crippen molar-refractivity contribution >= 4 is 27.3 Å². The third-order valence-corrected chi connectivity index (χ3v) is 7.18. The standard InChI is InChI=1S/C24H28N4O4S/c1-4-27(16-19-9-11-20(25)12-10-19)24(29)17-28(21-13-14-23(32-3)26-15-21)33(30,31)22-8-6-5-7-18(22)2/h5-15H,4,16-17,25H2,1-3H3. The Morgan fingerprint density at radius 2 is 1.76 bits per heavy atom. The number of hydrogen-bond acceptors (Lipinski definition) is 6. The van der Waals surface area contributed by atoms with Crippen LogP contribution in [0.3, 0.4) is 0 Å². The fourth-order valence-corrected chi connectivity index (χ4v) is 4.99. The fraction of sp³-hybridized carbons (Fsp3) is 0.250. The van der Waals surface area contributed by atoms with Gasteiger partial charge in [0.1, 0.15) is 6.54 Å². The number of sulfonamides is 1. The molecular weight excluding hydrogens is 440 g/mol. The summed E-state index contributed by atoms with van der Waals surface area (Å²) in [6.45, 7) is 3.97. The molecule has 0 radical (unpaired) electrons. The fourth-order valence-electron chi connectivity index (χ4n) is 3.36. The maximum absolute atomic E-state index is 13.6. The molecule has 0 spiro atoms. The Labute approximate surface area is 194 Å². The van der Waals surface area contributed by atoms with Crippen molar-refractivity contribution in [2.75, 3.05) is 30.2 Å². The Morgan fingerprint density at radius 1 is 1.06 bits per heavy atom. The van der Waals surface area contributed by atoms with Gasteiger partial charge in [0.15, 0.2) is 0 Å². The quantitative estimate of drug-likeness (QED) is 0.484. The van der Waals surface area contributed by atoms with Crippen LogP contribution in [-0.2, 0) is 21.4 Å². The van der Waals surface area contributed by atoms with Crippen molar-refractivity contribution < 1.29 is 17.9 Å². The van der Waals surface area contributed by atoms with E-state index < -0.39 is 10.0 Å². The summed E-state index contributed by atoms with van der Waals surface area (Å²) in [4.78, 5) is 19.1. The average Bonchev–Trinajstić information content (AvgIpc) is 2.82. The first kappa shape index (κ1) is 24.1. The lowest BCUT2D eigenvalue weighted by molar-refractivity contribution is -0.129. The molecule has 174 valence electrons. The predicted molar refractivity (Wildman–Crippen MR) is 128 cm³/mol. The van der Waals surface area contributed by atoms with Crippen molar-refractivity contribution in [1.82, 2.24) is 9.88 Å². The molecule has 0 aliphatic rings. The van der Waals surface area contributed by atoms with Gasteiger partial charge in [-0.3, -0.25) is 9.10 Å². The molecule has 1 aromatic heterocycles. The predicted octanol–water partition coefficient (Wildman–Crippen LogP) is 3.22. The Kier molecular flexibility index (Phi) is 7.55. The number of nitrogens with zero attached hydrogens (tertiary/aromatic N) is 3. The minimum atomic E-state index is -4.03. The van der Waals surface area contributed by atoms with Gasteiger partial charge in [0, 0.05) is 24.8 Å². The third kappa shape index (κ3) is 5.61. The van der Waals surface area contributed by atoms with Gasteiger partial charge < -0.3 is 15.4 Å². The molecule has 0 saturated heterocycles. The molecule has 3 rings (SSSR count). The minimum absolute atomic E-state index is 0.134. The minimum Gasteiger partial charge on any atom is -0.481 e. The molecule has 0 saturated carbocycles. The van der Waals surface area contributed by atoms with Crippen molar-refractivity contribution in [1.29, 1.82) is 0 Å². The summed E-state index contributed by atoms with van der Waals surface area (Å²) in [6.07, 6.45) is 1.39. The summed E-state index contributed by atoms with van der Waals surface area (Å²) in [5.41, 5.74) is 8.15. The highest BCUT2D eigenvalue weighted by Gasteiger charge is 2.30. The molecule has 2 aromatic carbocycles. The van der Waals surface area contributed by atoms with E-state index in [0.29, 0.717) is 30.2 Å². The molecule has 9 heteroatoms. The normalized spacial score (nSPS) is 11.1. The number of carbonyl (C=O) groups is 1. The van der Waals surface area contributed by atoms with E-state index in [1.54, 1.807) is 54.3 Å². The topological polar surface area (TPSA) is 106 Å². The summed E-state index contributed by atoms with van der Waals surface area (Å²) in [5.74, 6) is 0.0131. The number of benzene rings is 2. The van der Waals surface area contributed by atoms with Gasteiger partial charge in [-0.25, -0.2) is 13.4 Å². The van der Waals surface area contributed by atoms with Crippen molar-refractivity contribution in [3.8, 4) is 5.88 Å². The summed E-state index contributed by atoms with van der Waals surface area (Å²) in [7, 11) is -2.56. The van der Waals surface area contributed by atoms with Crippen LogP contribution in [0.4, 0.5) is 11.4 Å². The molecule has 3 aromatic rings. The Hall–Kier alpha value is -3.59. The highest BCUT2D eigenvalue weighted by Crippen LogP contribution is 2.26. The number of nitrogen functional groups attached to an aromatic ring is 1. The monoisotopic (exact) mass is 468 g/mol. The number of hydrogen-bond donors (Lipinski definition) is 1. The highest BCUT2D eigenvalue weighted by molar-refractivity contribution is 7.93. The molecule has 33 heavy (non-hydrogen) atoms. The Balaban J connectivity index is 1.95. The maximum atomic E-state index is 13.6. The van der Waals surface area contributed by atoms with Gasteiger partial charge in [0.05, 0.1) is 23.9 Å².